The zero-order valence-corrected chi connectivity index (χ0v) is 7.79. The normalized spacial score (nSPS) is 19.5. The Balaban J connectivity index is 2.33. The second-order valence-electron chi connectivity index (χ2n) is 3.04. The van der Waals surface area contributed by atoms with Crippen LogP contribution >= 0.6 is 0 Å². The van der Waals surface area contributed by atoms with Gasteiger partial charge in [-0.05, 0) is 18.2 Å². The fourth-order valence-corrected chi connectivity index (χ4v) is 1.27. The molecule has 4 nitrogen and oxygen atoms in total. The lowest BCUT2D eigenvalue weighted by Gasteiger charge is -2.07. The van der Waals surface area contributed by atoms with Gasteiger partial charge in [0.1, 0.15) is 5.92 Å². The van der Waals surface area contributed by atoms with Crippen LogP contribution in [0.5, 0.6) is 0 Å². The van der Waals surface area contributed by atoms with Crippen LogP contribution in [0.4, 0.5) is 0 Å². The van der Waals surface area contributed by atoms with Gasteiger partial charge in [-0.1, -0.05) is 6.08 Å². The van der Waals surface area contributed by atoms with Crippen LogP contribution < -0.4 is 0 Å². The number of carbonyl (C=O) groups is 1. The summed E-state index contributed by atoms with van der Waals surface area (Å²) in [5, 5.41) is 8.61. The largest absolute Gasteiger partial charge is 0.271 e. The molecule has 1 aromatic rings. The first-order chi connectivity index (χ1) is 7.31. The number of hydrogen-bond donors (Lipinski definition) is 0. The van der Waals surface area contributed by atoms with Crippen LogP contribution in [0.2, 0.25) is 0 Å². The zero-order chi connectivity index (χ0) is 10.7. The van der Waals surface area contributed by atoms with E-state index in [-0.39, 0.29) is 0 Å². The van der Waals surface area contributed by atoms with Gasteiger partial charge >= 0.3 is 0 Å². The Labute approximate surface area is 86.6 Å². The minimum Gasteiger partial charge on any atom is -0.271 e. The number of dihydropyridines is 1. The highest BCUT2D eigenvalue weighted by molar-refractivity contribution is 6.15. The zero-order valence-electron chi connectivity index (χ0n) is 7.79. The van der Waals surface area contributed by atoms with Gasteiger partial charge in [-0.15, -0.1) is 0 Å². The molecule has 72 valence electrons. The van der Waals surface area contributed by atoms with E-state index in [1.165, 1.54) is 0 Å². The molecule has 0 radical (unpaired) electrons. The maximum Gasteiger partial charge on any atom is 0.267 e. The van der Waals surface area contributed by atoms with Crippen molar-refractivity contribution in [3.05, 3.63) is 42.2 Å². The van der Waals surface area contributed by atoms with Crippen LogP contribution in [0, 0.1) is 17.2 Å². The first-order valence-electron chi connectivity index (χ1n) is 4.42. The predicted molar refractivity (Wildman–Crippen MR) is 54.0 cm³/mol. The number of rotatable bonds is 1. The maximum absolute atomic E-state index is 11.3. The molecule has 2 heterocycles. The summed E-state index contributed by atoms with van der Waals surface area (Å²) in [7, 11) is 0. The van der Waals surface area contributed by atoms with Crippen molar-refractivity contribution in [1.29, 1.82) is 5.26 Å². The van der Waals surface area contributed by atoms with Gasteiger partial charge in [0.15, 0.2) is 0 Å². The Bertz CT molecular complexity index is 482. The smallest absolute Gasteiger partial charge is 0.267 e. The quantitative estimate of drug-likeness (QED) is 0.677. The second-order valence-corrected chi connectivity index (χ2v) is 3.04. The predicted octanol–water partition coefficient (Wildman–Crippen LogP) is 1.11. The minimum absolute atomic E-state index is 0.418. The van der Waals surface area contributed by atoms with E-state index in [4.69, 9.17) is 5.26 Å². The fourth-order valence-electron chi connectivity index (χ4n) is 1.27. The lowest BCUT2D eigenvalue weighted by atomic mass is 10.0. The summed E-state index contributed by atoms with van der Waals surface area (Å²) in [5.41, 5.74) is 1.33. The van der Waals surface area contributed by atoms with Gasteiger partial charge in [0.25, 0.3) is 5.91 Å². The third-order valence-corrected chi connectivity index (χ3v) is 2.04. The average Bonchev–Trinajstić information content (AvgIpc) is 2.30. The lowest BCUT2D eigenvalue weighted by molar-refractivity contribution is -0.118. The van der Waals surface area contributed by atoms with Gasteiger partial charge in [0.05, 0.1) is 11.8 Å². The molecule has 0 bridgehead atoms. The summed E-state index contributed by atoms with van der Waals surface area (Å²) in [6, 6.07) is 5.45. The van der Waals surface area contributed by atoms with Crippen molar-refractivity contribution in [2.45, 2.75) is 0 Å². The first kappa shape index (κ1) is 9.28. The number of allylic oxidation sites excluding steroid dienone is 1. The highest BCUT2D eigenvalue weighted by atomic mass is 16.1. The molecule has 1 amide bonds. The molecule has 0 aliphatic carbocycles. The number of pyridine rings is 1. The monoisotopic (exact) mass is 197 g/mol. The Morgan fingerprint density at radius 3 is 2.93 bits per heavy atom. The molecule has 0 fully saturated rings. The van der Waals surface area contributed by atoms with E-state index in [1.54, 1.807) is 30.6 Å². The van der Waals surface area contributed by atoms with Crippen LogP contribution in [0.1, 0.15) is 5.56 Å². The highest BCUT2D eigenvalue weighted by Gasteiger charge is 2.18. The van der Waals surface area contributed by atoms with Crippen LogP contribution in [-0.4, -0.2) is 16.6 Å². The summed E-state index contributed by atoms with van der Waals surface area (Å²) in [6.45, 7) is 0. The van der Waals surface area contributed by atoms with E-state index in [2.05, 4.69) is 9.98 Å². The summed E-state index contributed by atoms with van der Waals surface area (Å²) in [6.07, 6.45) is 6.50. The average molecular weight is 197 g/mol. The van der Waals surface area contributed by atoms with Gasteiger partial charge in [0.2, 0.25) is 0 Å². The summed E-state index contributed by atoms with van der Waals surface area (Å²) in [4.78, 5) is 19.1. The summed E-state index contributed by atoms with van der Waals surface area (Å²) >= 11 is 0. The SMILES string of the molecule is N#CC1C=CC(c2cccnc2)=NC1=O. The molecule has 1 aliphatic rings. The molecule has 1 unspecified atom stereocenters. The Morgan fingerprint density at radius 1 is 1.47 bits per heavy atom. The molecule has 0 spiro atoms. The topological polar surface area (TPSA) is 66.1 Å². The molecule has 4 heteroatoms. The molecule has 0 aromatic carbocycles. The third-order valence-electron chi connectivity index (χ3n) is 2.04. The van der Waals surface area contributed by atoms with Crippen molar-refractivity contribution in [1.82, 2.24) is 4.98 Å². The van der Waals surface area contributed by atoms with Crippen LogP contribution in [0.3, 0.4) is 0 Å². The Morgan fingerprint density at radius 2 is 2.33 bits per heavy atom. The van der Waals surface area contributed by atoms with Gasteiger partial charge < -0.3 is 0 Å². The summed E-state index contributed by atoms with van der Waals surface area (Å²) < 4.78 is 0. The van der Waals surface area contributed by atoms with E-state index in [9.17, 15) is 4.79 Å². The molecular formula is C11H7N3O. The van der Waals surface area contributed by atoms with Crippen molar-refractivity contribution in [2.24, 2.45) is 10.9 Å². The van der Waals surface area contributed by atoms with Crippen LogP contribution in [0.15, 0.2) is 41.7 Å². The molecule has 0 N–H and O–H groups in total. The second kappa shape index (κ2) is 3.84. The van der Waals surface area contributed by atoms with Crippen molar-refractivity contribution in [3.8, 4) is 6.07 Å². The number of carbonyl (C=O) groups excluding carboxylic acids is 1. The van der Waals surface area contributed by atoms with Gasteiger partial charge in [0, 0.05) is 18.0 Å². The lowest BCUT2D eigenvalue weighted by Crippen LogP contribution is -2.15. The maximum atomic E-state index is 11.3. The van der Waals surface area contributed by atoms with Gasteiger partial charge in [-0.2, -0.15) is 5.26 Å². The molecular weight excluding hydrogens is 190 g/mol. The van der Waals surface area contributed by atoms with Gasteiger partial charge in [-0.3, -0.25) is 9.78 Å². The molecule has 2 rings (SSSR count). The van der Waals surface area contributed by atoms with E-state index >= 15 is 0 Å². The van der Waals surface area contributed by atoms with E-state index < -0.39 is 11.8 Å². The van der Waals surface area contributed by atoms with Crippen molar-refractivity contribution >= 4 is 11.6 Å². The first-order valence-corrected chi connectivity index (χ1v) is 4.42. The van der Waals surface area contributed by atoms with Crippen LogP contribution in [0.25, 0.3) is 0 Å². The fraction of sp³-hybridized carbons (Fsp3) is 0.0909. The Hall–Kier alpha value is -2.28. The highest BCUT2D eigenvalue weighted by Crippen LogP contribution is 2.11. The molecule has 1 atom stereocenters. The minimum atomic E-state index is -0.745. The number of nitrogens with zero attached hydrogens (tertiary/aromatic N) is 3. The standard InChI is InChI=1S/C11H7N3O/c12-6-8-3-4-10(14-11(8)15)9-2-1-5-13-7-9/h1-5,7-8H. The van der Waals surface area contributed by atoms with Crippen molar-refractivity contribution in [3.63, 3.8) is 0 Å². The van der Waals surface area contributed by atoms with E-state index in [1.807, 2.05) is 12.1 Å². The number of hydrogen-bond acceptors (Lipinski definition) is 3. The van der Waals surface area contributed by atoms with Crippen molar-refractivity contribution in [2.75, 3.05) is 0 Å². The summed E-state index contributed by atoms with van der Waals surface area (Å²) in [5.74, 6) is -1.16. The van der Waals surface area contributed by atoms with Crippen LogP contribution in [-0.2, 0) is 4.79 Å². The van der Waals surface area contributed by atoms with E-state index in [0.717, 1.165) is 5.56 Å². The molecule has 1 aromatic heterocycles. The number of nitriles is 1. The van der Waals surface area contributed by atoms with Gasteiger partial charge in [-0.25, -0.2) is 4.99 Å². The molecule has 15 heavy (non-hydrogen) atoms. The molecule has 1 aliphatic heterocycles. The third kappa shape index (κ3) is 1.81. The number of aliphatic imine (C=N–C) groups is 1. The Kier molecular flexibility index (Phi) is 2.38. The van der Waals surface area contributed by atoms with Crippen molar-refractivity contribution < 1.29 is 4.79 Å². The number of amides is 1. The molecule has 0 saturated heterocycles. The number of aromatic nitrogens is 1. The van der Waals surface area contributed by atoms with E-state index in [0.29, 0.717) is 5.71 Å². The molecule has 0 saturated carbocycles.